The lowest BCUT2D eigenvalue weighted by Gasteiger charge is -2.12. The number of aromatic hydroxyl groups is 1. The molecule has 0 amide bonds. The number of phenols is 1. The van der Waals surface area contributed by atoms with E-state index in [2.05, 4.69) is 20.3 Å². The van der Waals surface area contributed by atoms with Gasteiger partial charge >= 0.3 is 0 Å². The lowest BCUT2D eigenvalue weighted by molar-refractivity contribution is 0.0593. The molecule has 1 aromatic carbocycles. The molecule has 2 N–H and O–H groups in total. The number of phenolic OH excluding ortho intramolecular Hbond substituents is 1. The quantitative estimate of drug-likeness (QED) is 0.736. The van der Waals surface area contributed by atoms with Crippen molar-refractivity contribution >= 4 is 17.0 Å². The molecule has 1 aliphatic rings. The van der Waals surface area contributed by atoms with Crippen molar-refractivity contribution in [1.82, 2.24) is 19.5 Å². The standard InChI is InChI=1S/C17H19N5O3/c1-24-12-5-4-11(13(23)7-12)8-18-16-15-17(20-9-19-16)22(10-21-15)14-3-2-6-25-14/h4-5,7,9-10,14,23H,2-3,6,8H2,1H3,(H,18,19,20). The molecule has 1 fully saturated rings. The van der Waals surface area contributed by atoms with E-state index in [1.165, 1.54) is 6.33 Å². The third-order valence-electron chi connectivity index (χ3n) is 4.31. The van der Waals surface area contributed by atoms with Crippen LogP contribution in [0.4, 0.5) is 5.82 Å². The molecule has 0 saturated carbocycles. The summed E-state index contributed by atoms with van der Waals surface area (Å²) in [5.41, 5.74) is 2.17. The molecule has 1 aliphatic heterocycles. The molecule has 4 rings (SSSR count). The van der Waals surface area contributed by atoms with Crippen LogP contribution in [0.2, 0.25) is 0 Å². The summed E-state index contributed by atoms with van der Waals surface area (Å²) in [6, 6.07) is 5.20. The fraction of sp³-hybridized carbons (Fsp3) is 0.353. The zero-order chi connectivity index (χ0) is 17.2. The molecule has 1 saturated heterocycles. The van der Waals surface area contributed by atoms with Gasteiger partial charge in [-0.25, -0.2) is 15.0 Å². The number of anilines is 1. The zero-order valence-corrected chi connectivity index (χ0v) is 13.8. The van der Waals surface area contributed by atoms with Gasteiger partial charge in [0.25, 0.3) is 0 Å². The Morgan fingerprint density at radius 2 is 2.28 bits per heavy atom. The summed E-state index contributed by atoms with van der Waals surface area (Å²) < 4.78 is 12.8. The van der Waals surface area contributed by atoms with Gasteiger partial charge in [-0.15, -0.1) is 0 Å². The van der Waals surface area contributed by atoms with Crippen LogP contribution >= 0.6 is 0 Å². The predicted octanol–water partition coefficient (Wildman–Crippen LogP) is 2.46. The Kier molecular flexibility index (Phi) is 4.10. The van der Waals surface area contributed by atoms with E-state index in [1.54, 1.807) is 25.6 Å². The predicted molar refractivity (Wildman–Crippen MR) is 91.5 cm³/mol. The summed E-state index contributed by atoms with van der Waals surface area (Å²) in [6.07, 6.45) is 5.23. The van der Waals surface area contributed by atoms with E-state index in [4.69, 9.17) is 9.47 Å². The highest BCUT2D eigenvalue weighted by Crippen LogP contribution is 2.28. The number of aromatic nitrogens is 4. The summed E-state index contributed by atoms with van der Waals surface area (Å²) in [7, 11) is 1.56. The van der Waals surface area contributed by atoms with Crippen LogP contribution in [-0.2, 0) is 11.3 Å². The highest BCUT2D eigenvalue weighted by molar-refractivity contribution is 5.82. The molecule has 1 unspecified atom stereocenters. The monoisotopic (exact) mass is 341 g/mol. The van der Waals surface area contributed by atoms with Crippen molar-refractivity contribution in [1.29, 1.82) is 0 Å². The minimum Gasteiger partial charge on any atom is -0.507 e. The smallest absolute Gasteiger partial charge is 0.167 e. The van der Waals surface area contributed by atoms with Crippen molar-refractivity contribution in [3.05, 3.63) is 36.4 Å². The molecule has 0 bridgehead atoms. The van der Waals surface area contributed by atoms with Gasteiger partial charge in [-0.1, -0.05) is 0 Å². The second-order valence-electron chi connectivity index (χ2n) is 5.86. The van der Waals surface area contributed by atoms with Gasteiger partial charge in [-0.3, -0.25) is 4.57 Å². The van der Waals surface area contributed by atoms with Crippen molar-refractivity contribution in [2.45, 2.75) is 25.6 Å². The molecular weight excluding hydrogens is 322 g/mol. The number of methoxy groups -OCH3 is 1. The Balaban J connectivity index is 1.57. The van der Waals surface area contributed by atoms with Gasteiger partial charge in [0, 0.05) is 24.8 Å². The Morgan fingerprint density at radius 3 is 3.04 bits per heavy atom. The number of rotatable bonds is 5. The Hall–Kier alpha value is -2.87. The van der Waals surface area contributed by atoms with Gasteiger partial charge in [0.2, 0.25) is 0 Å². The molecule has 130 valence electrons. The van der Waals surface area contributed by atoms with Crippen LogP contribution in [0.25, 0.3) is 11.2 Å². The lowest BCUT2D eigenvalue weighted by atomic mass is 10.2. The summed E-state index contributed by atoms with van der Waals surface area (Å²) in [5, 5.41) is 13.3. The zero-order valence-electron chi connectivity index (χ0n) is 13.8. The molecular formula is C17H19N5O3. The Bertz CT molecular complexity index is 889. The third-order valence-corrected chi connectivity index (χ3v) is 4.31. The van der Waals surface area contributed by atoms with Crippen LogP contribution in [-0.4, -0.2) is 38.3 Å². The van der Waals surface area contributed by atoms with E-state index >= 15 is 0 Å². The van der Waals surface area contributed by atoms with Crippen LogP contribution in [0.3, 0.4) is 0 Å². The maximum Gasteiger partial charge on any atom is 0.167 e. The average molecular weight is 341 g/mol. The second kappa shape index (κ2) is 6.56. The normalized spacial score (nSPS) is 17.1. The molecule has 25 heavy (non-hydrogen) atoms. The number of nitrogens with zero attached hydrogens (tertiary/aromatic N) is 4. The minimum atomic E-state index is -0.0154. The van der Waals surface area contributed by atoms with Gasteiger partial charge in [-0.05, 0) is 25.0 Å². The summed E-state index contributed by atoms with van der Waals surface area (Å²) >= 11 is 0. The van der Waals surface area contributed by atoms with Gasteiger partial charge in [-0.2, -0.15) is 0 Å². The van der Waals surface area contributed by atoms with Gasteiger partial charge in [0.1, 0.15) is 24.1 Å². The number of nitrogens with one attached hydrogen (secondary N) is 1. The van der Waals surface area contributed by atoms with Crippen molar-refractivity contribution in [2.24, 2.45) is 0 Å². The van der Waals surface area contributed by atoms with Crippen LogP contribution in [0.5, 0.6) is 11.5 Å². The van der Waals surface area contributed by atoms with Crippen LogP contribution < -0.4 is 10.1 Å². The number of ether oxygens (including phenoxy) is 2. The van der Waals surface area contributed by atoms with Gasteiger partial charge in [0.05, 0.1) is 13.4 Å². The largest absolute Gasteiger partial charge is 0.507 e. The fourth-order valence-corrected chi connectivity index (χ4v) is 2.97. The number of hydrogen-bond acceptors (Lipinski definition) is 7. The van der Waals surface area contributed by atoms with Crippen LogP contribution in [0.1, 0.15) is 24.6 Å². The molecule has 3 aromatic rings. The Labute approximate surface area is 144 Å². The van der Waals surface area contributed by atoms with Gasteiger partial charge in [0.15, 0.2) is 17.0 Å². The Morgan fingerprint density at radius 1 is 1.36 bits per heavy atom. The molecule has 0 aliphatic carbocycles. The summed E-state index contributed by atoms with van der Waals surface area (Å²) in [4.78, 5) is 13.1. The van der Waals surface area contributed by atoms with E-state index in [0.717, 1.165) is 30.7 Å². The van der Waals surface area contributed by atoms with Crippen molar-refractivity contribution in [3.63, 3.8) is 0 Å². The van der Waals surface area contributed by atoms with Crippen LogP contribution in [0, 0.1) is 0 Å². The number of benzene rings is 1. The molecule has 8 nitrogen and oxygen atoms in total. The summed E-state index contributed by atoms with van der Waals surface area (Å²) in [6.45, 7) is 1.17. The van der Waals surface area contributed by atoms with Crippen LogP contribution in [0.15, 0.2) is 30.9 Å². The first-order chi connectivity index (χ1) is 12.3. The van der Waals surface area contributed by atoms with E-state index in [0.29, 0.717) is 23.6 Å². The first-order valence-electron chi connectivity index (χ1n) is 8.15. The third kappa shape index (κ3) is 2.96. The molecule has 1 atom stereocenters. The van der Waals surface area contributed by atoms with E-state index in [9.17, 15) is 5.11 Å². The topological polar surface area (TPSA) is 94.3 Å². The number of hydrogen-bond donors (Lipinski definition) is 2. The van der Waals surface area contributed by atoms with Crippen molar-refractivity contribution in [2.75, 3.05) is 19.0 Å². The lowest BCUT2D eigenvalue weighted by Crippen LogP contribution is -2.07. The number of imidazole rings is 1. The molecule has 3 heterocycles. The van der Waals surface area contributed by atoms with E-state index in [1.807, 2.05) is 10.6 Å². The van der Waals surface area contributed by atoms with Crippen molar-refractivity contribution in [3.8, 4) is 11.5 Å². The van der Waals surface area contributed by atoms with E-state index < -0.39 is 0 Å². The number of fused-ring (bicyclic) bond motifs is 1. The molecule has 2 aromatic heterocycles. The molecule has 0 radical (unpaired) electrons. The first kappa shape index (κ1) is 15.6. The minimum absolute atomic E-state index is 0.0154. The highest BCUT2D eigenvalue weighted by atomic mass is 16.5. The maximum absolute atomic E-state index is 10.1. The second-order valence-corrected chi connectivity index (χ2v) is 5.86. The fourth-order valence-electron chi connectivity index (χ4n) is 2.97. The van der Waals surface area contributed by atoms with E-state index in [-0.39, 0.29) is 12.0 Å². The molecule has 0 spiro atoms. The maximum atomic E-state index is 10.1. The average Bonchev–Trinajstić information content (AvgIpc) is 3.29. The van der Waals surface area contributed by atoms with Crippen molar-refractivity contribution < 1.29 is 14.6 Å². The first-order valence-corrected chi connectivity index (χ1v) is 8.15. The molecule has 8 heteroatoms. The summed E-state index contributed by atoms with van der Waals surface area (Å²) in [5.74, 6) is 1.40. The SMILES string of the molecule is COc1ccc(CNc2ncnc3c2ncn3C2CCCO2)c(O)c1. The van der Waals surface area contributed by atoms with Gasteiger partial charge < -0.3 is 19.9 Å². The highest BCUT2D eigenvalue weighted by Gasteiger charge is 2.21.